The van der Waals surface area contributed by atoms with Crippen LogP contribution >= 0.6 is 11.3 Å². The fraction of sp³-hybridized carbons (Fsp3) is 0.0714. The number of thiophene rings is 1. The number of rotatable bonds is 3. The van der Waals surface area contributed by atoms with Gasteiger partial charge < -0.3 is 4.98 Å². The van der Waals surface area contributed by atoms with Gasteiger partial charge in [0.05, 0.1) is 16.8 Å². The van der Waals surface area contributed by atoms with Crippen LogP contribution in [0.5, 0.6) is 0 Å². The zero-order valence-electron chi connectivity index (χ0n) is 10.6. The average molecular weight is 301 g/mol. The van der Waals surface area contributed by atoms with E-state index in [1.807, 2.05) is 37.3 Å². The third-order valence-electron chi connectivity index (χ3n) is 2.94. The van der Waals surface area contributed by atoms with E-state index >= 15 is 0 Å². The van der Waals surface area contributed by atoms with Crippen LogP contribution in [0.2, 0.25) is 0 Å². The third-order valence-corrected chi connectivity index (χ3v) is 5.34. The number of aromatic nitrogens is 1. The largest absolute Gasteiger partial charge is 0.358 e. The Bertz CT molecular complexity index is 842. The molecule has 0 aliphatic carbocycles. The van der Waals surface area contributed by atoms with Crippen LogP contribution in [0.25, 0.3) is 10.9 Å². The van der Waals surface area contributed by atoms with Crippen molar-refractivity contribution in [2.24, 2.45) is 0 Å². The van der Waals surface area contributed by atoms with Crippen LogP contribution in [0.1, 0.15) is 10.4 Å². The summed E-state index contributed by atoms with van der Waals surface area (Å²) in [5, 5.41) is 9.86. The molecule has 0 fully saturated rings. The Hall–Kier alpha value is -2.10. The smallest absolute Gasteiger partial charge is 0.160 e. The van der Waals surface area contributed by atoms with Crippen molar-refractivity contribution in [3.8, 4) is 6.07 Å². The number of nitrogens with zero attached hydrogens (tertiary/aromatic N) is 1. The number of para-hydroxylation sites is 1. The summed E-state index contributed by atoms with van der Waals surface area (Å²) in [6.45, 7) is 1.98. The Kier molecular flexibility index (Phi) is 3.30. The molecule has 0 spiro atoms. The number of aryl methyl sites for hydroxylation is 1. The molecule has 1 atom stereocenters. The number of benzene rings is 1. The predicted octanol–water partition coefficient (Wildman–Crippen LogP) is 3.54. The van der Waals surface area contributed by atoms with Crippen molar-refractivity contribution in [1.29, 1.82) is 5.26 Å². The quantitative estimate of drug-likeness (QED) is 0.777. The number of H-pyrrole nitrogens is 1. The lowest BCUT2D eigenvalue weighted by molar-refractivity contribution is 0.687. The van der Waals surface area contributed by atoms with Crippen LogP contribution < -0.4 is 4.72 Å². The molecule has 2 N–H and O–H groups in total. The first-order valence-electron chi connectivity index (χ1n) is 5.94. The number of hydrogen-bond acceptors (Lipinski definition) is 3. The van der Waals surface area contributed by atoms with Crippen molar-refractivity contribution < 1.29 is 4.21 Å². The summed E-state index contributed by atoms with van der Waals surface area (Å²) >= 11 is 1.50. The van der Waals surface area contributed by atoms with Crippen molar-refractivity contribution in [2.45, 2.75) is 11.1 Å². The summed E-state index contributed by atoms with van der Waals surface area (Å²) in [4.78, 5) is 4.18. The van der Waals surface area contributed by atoms with Gasteiger partial charge in [0, 0.05) is 16.5 Å². The number of aromatic amines is 1. The molecule has 0 amide bonds. The lowest BCUT2D eigenvalue weighted by Gasteiger charge is -2.05. The maximum atomic E-state index is 12.3. The number of fused-ring (bicyclic) bond motifs is 1. The van der Waals surface area contributed by atoms with Crippen LogP contribution in [-0.2, 0) is 11.0 Å². The number of anilines is 1. The van der Waals surface area contributed by atoms with Gasteiger partial charge in [-0.3, -0.25) is 4.72 Å². The van der Waals surface area contributed by atoms with E-state index in [0.717, 1.165) is 25.7 Å². The molecule has 2 aromatic heterocycles. The maximum absolute atomic E-state index is 12.3. The first-order chi connectivity index (χ1) is 9.69. The van der Waals surface area contributed by atoms with Gasteiger partial charge in [-0.15, -0.1) is 11.3 Å². The van der Waals surface area contributed by atoms with Crippen LogP contribution in [0.15, 0.2) is 40.7 Å². The lowest BCUT2D eigenvalue weighted by Crippen LogP contribution is -2.03. The van der Waals surface area contributed by atoms with Crippen LogP contribution in [0, 0.1) is 18.3 Å². The lowest BCUT2D eigenvalue weighted by atomic mass is 10.2. The van der Waals surface area contributed by atoms with Gasteiger partial charge in [-0.1, -0.05) is 12.1 Å². The molecule has 0 saturated carbocycles. The Morgan fingerprint density at radius 2 is 2.20 bits per heavy atom. The second-order valence-corrected chi connectivity index (χ2v) is 7.01. The van der Waals surface area contributed by atoms with E-state index in [0.29, 0.717) is 5.56 Å². The van der Waals surface area contributed by atoms with E-state index in [1.54, 1.807) is 6.20 Å². The Morgan fingerprint density at radius 1 is 1.35 bits per heavy atom. The van der Waals surface area contributed by atoms with Crippen LogP contribution in [-0.4, -0.2) is 9.19 Å². The van der Waals surface area contributed by atoms with Crippen molar-refractivity contribution in [1.82, 2.24) is 4.98 Å². The Balaban J connectivity index is 1.97. The van der Waals surface area contributed by atoms with Gasteiger partial charge in [0.15, 0.2) is 11.0 Å². The normalized spacial score (nSPS) is 12.2. The Morgan fingerprint density at radius 3 is 2.90 bits per heavy atom. The fourth-order valence-corrected chi connectivity index (χ4v) is 4.07. The molecular formula is C14H11N3OS2. The molecule has 0 saturated heterocycles. The highest BCUT2D eigenvalue weighted by molar-refractivity contribution is 7.88. The maximum Gasteiger partial charge on any atom is 0.160 e. The highest BCUT2D eigenvalue weighted by atomic mass is 32.2. The average Bonchev–Trinajstić information content (AvgIpc) is 3.05. The monoisotopic (exact) mass is 301 g/mol. The Labute approximate surface area is 122 Å². The van der Waals surface area contributed by atoms with Crippen molar-refractivity contribution in [2.75, 3.05) is 4.72 Å². The molecular weight excluding hydrogens is 290 g/mol. The van der Waals surface area contributed by atoms with E-state index in [-0.39, 0.29) is 0 Å². The molecule has 2 heterocycles. The first-order valence-corrected chi connectivity index (χ1v) is 7.91. The zero-order chi connectivity index (χ0) is 14.1. The molecule has 20 heavy (non-hydrogen) atoms. The molecule has 3 aromatic rings. The van der Waals surface area contributed by atoms with Gasteiger partial charge in [-0.2, -0.15) is 5.26 Å². The molecule has 4 nitrogen and oxygen atoms in total. The number of hydrogen-bond donors (Lipinski definition) is 2. The minimum Gasteiger partial charge on any atom is -0.358 e. The van der Waals surface area contributed by atoms with E-state index in [2.05, 4.69) is 15.8 Å². The van der Waals surface area contributed by atoms with Gasteiger partial charge in [-0.25, -0.2) is 4.21 Å². The summed E-state index contributed by atoms with van der Waals surface area (Å²) < 4.78 is 16.1. The fourth-order valence-electron chi connectivity index (χ4n) is 1.99. The zero-order valence-corrected chi connectivity index (χ0v) is 12.3. The van der Waals surface area contributed by atoms with Crippen LogP contribution in [0.4, 0.5) is 5.69 Å². The third kappa shape index (κ3) is 2.22. The predicted molar refractivity (Wildman–Crippen MR) is 82.1 cm³/mol. The van der Waals surface area contributed by atoms with E-state index < -0.39 is 11.0 Å². The summed E-state index contributed by atoms with van der Waals surface area (Å²) in [6, 6.07) is 11.5. The van der Waals surface area contributed by atoms with Crippen molar-refractivity contribution >= 4 is 38.9 Å². The number of nitrogens with one attached hydrogen (secondary N) is 2. The van der Waals surface area contributed by atoms with Crippen molar-refractivity contribution in [3.63, 3.8) is 0 Å². The molecule has 1 aromatic carbocycles. The molecule has 100 valence electrons. The highest BCUT2D eigenvalue weighted by Gasteiger charge is 2.11. The van der Waals surface area contributed by atoms with E-state index in [1.165, 1.54) is 11.3 Å². The molecule has 0 bridgehead atoms. The minimum absolute atomic E-state index is 0.585. The number of nitriles is 1. The van der Waals surface area contributed by atoms with Gasteiger partial charge >= 0.3 is 0 Å². The van der Waals surface area contributed by atoms with E-state index in [4.69, 9.17) is 5.26 Å². The molecule has 3 rings (SSSR count). The van der Waals surface area contributed by atoms with Gasteiger partial charge in [0.1, 0.15) is 10.3 Å². The molecule has 0 aliphatic rings. The topological polar surface area (TPSA) is 68.7 Å². The van der Waals surface area contributed by atoms with Crippen molar-refractivity contribution in [3.05, 3.63) is 47.0 Å². The summed E-state index contributed by atoms with van der Waals surface area (Å²) in [5.74, 6) is 0. The van der Waals surface area contributed by atoms with Gasteiger partial charge in [0.2, 0.25) is 0 Å². The SMILES string of the molecule is Cc1ccc(S(=O)Nc2cccc3c(C#N)c[nH]c23)s1. The summed E-state index contributed by atoms with van der Waals surface area (Å²) in [7, 11) is -1.30. The van der Waals surface area contributed by atoms with Gasteiger partial charge in [0.25, 0.3) is 0 Å². The van der Waals surface area contributed by atoms with E-state index in [9.17, 15) is 4.21 Å². The second kappa shape index (κ2) is 5.12. The molecule has 0 radical (unpaired) electrons. The first kappa shape index (κ1) is 12.9. The molecule has 6 heteroatoms. The van der Waals surface area contributed by atoms with Gasteiger partial charge in [-0.05, 0) is 25.1 Å². The summed E-state index contributed by atoms with van der Waals surface area (Å²) in [5.41, 5.74) is 2.11. The minimum atomic E-state index is -1.30. The molecule has 0 aliphatic heterocycles. The second-order valence-electron chi connectivity index (χ2n) is 4.28. The standard InChI is InChI=1S/C14H11N3OS2/c1-9-5-6-13(19-9)20(18)17-12-4-2-3-11-10(7-15)8-16-14(11)12/h2-6,8,16-17H,1H3. The van der Waals surface area contributed by atoms with Crippen LogP contribution in [0.3, 0.4) is 0 Å². The molecule has 1 unspecified atom stereocenters. The highest BCUT2D eigenvalue weighted by Crippen LogP contribution is 2.27. The summed E-state index contributed by atoms with van der Waals surface area (Å²) in [6.07, 6.45) is 1.66.